The number of hydrogen-bond acceptors (Lipinski definition) is 1. The van der Waals surface area contributed by atoms with Gasteiger partial charge in [0.05, 0.1) is 0 Å². The molecule has 0 radical (unpaired) electrons. The van der Waals surface area contributed by atoms with Crippen molar-refractivity contribution in [1.29, 1.82) is 0 Å². The number of anilines is 2. The summed E-state index contributed by atoms with van der Waals surface area (Å²) in [6.07, 6.45) is 0. The van der Waals surface area contributed by atoms with Crippen LogP contribution >= 0.6 is 0 Å². The van der Waals surface area contributed by atoms with Gasteiger partial charge in [0, 0.05) is 18.4 Å². The van der Waals surface area contributed by atoms with Gasteiger partial charge in [0.15, 0.2) is 0 Å². The van der Waals surface area contributed by atoms with Crippen LogP contribution in [-0.4, -0.2) is 7.05 Å². The first kappa shape index (κ1) is 16.2. The lowest BCUT2D eigenvalue weighted by molar-refractivity contribution is 1.21. The molecule has 0 spiro atoms. The number of para-hydroxylation sites is 1. The van der Waals surface area contributed by atoms with E-state index in [-0.39, 0.29) is 0 Å². The van der Waals surface area contributed by atoms with E-state index in [9.17, 15) is 0 Å². The third-order valence-electron chi connectivity index (χ3n) is 4.70. The van der Waals surface area contributed by atoms with Crippen LogP contribution in [0.3, 0.4) is 0 Å². The maximum atomic E-state index is 2.28. The molecule has 0 saturated heterocycles. The SMILES string of the molecule is CN(c1ccccc1)c1ccc(-c2ccccc2)c(-c2ccccc2)c1. The molecule has 0 aliphatic heterocycles. The van der Waals surface area contributed by atoms with Crippen molar-refractivity contribution >= 4 is 11.4 Å². The van der Waals surface area contributed by atoms with Crippen LogP contribution < -0.4 is 4.90 Å². The van der Waals surface area contributed by atoms with Crippen LogP contribution in [0.5, 0.6) is 0 Å². The normalized spacial score (nSPS) is 10.5. The van der Waals surface area contributed by atoms with Crippen LogP contribution in [0.2, 0.25) is 0 Å². The molecular formula is C25H21N. The van der Waals surface area contributed by atoms with Gasteiger partial charge in [-0.2, -0.15) is 0 Å². The second kappa shape index (κ2) is 7.28. The van der Waals surface area contributed by atoms with Gasteiger partial charge in [-0.3, -0.25) is 0 Å². The number of nitrogens with zero attached hydrogens (tertiary/aromatic N) is 1. The van der Waals surface area contributed by atoms with Gasteiger partial charge in [0.2, 0.25) is 0 Å². The van der Waals surface area contributed by atoms with E-state index in [1.165, 1.54) is 33.6 Å². The quantitative estimate of drug-likeness (QED) is 0.397. The van der Waals surface area contributed by atoms with Crippen LogP contribution in [0.15, 0.2) is 109 Å². The smallest absolute Gasteiger partial charge is 0.0414 e. The van der Waals surface area contributed by atoms with Gasteiger partial charge in [-0.1, -0.05) is 84.9 Å². The fraction of sp³-hybridized carbons (Fsp3) is 0.0400. The molecule has 1 nitrogen and oxygen atoms in total. The zero-order valence-electron chi connectivity index (χ0n) is 14.8. The highest BCUT2D eigenvalue weighted by Gasteiger charge is 2.11. The summed E-state index contributed by atoms with van der Waals surface area (Å²) in [5.74, 6) is 0. The Balaban J connectivity index is 1.85. The highest BCUT2D eigenvalue weighted by molar-refractivity contribution is 5.86. The third-order valence-corrected chi connectivity index (χ3v) is 4.70. The Morgan fingerprint density at radius 2 is 0.962 bits per heavy atom. The molecule has 26 heavy (non-hydrogen) atoms. The van der Waals surface area contributed by atoms with Gasteiger partial charge >= 0.3 is 0 Å². The zero-order chi connectivity index (χ0) is 17.8. The molecule has 4 aromatic carbocycles. The first-order valence-electron chi connectivity index (χ1n) is 8.86. The standard InChI is InChI=1S/C25H21N/c1-26(22-15-9-4-10-16-22)23-17-18-24(20-11-5-2-6-12-20)25(19-23)21-13-7-3-8-14-21/h2-19H,1H3. The summed E-state index contributed by atoms with van der Waals surface area (Å²) >= 11 is 0. The molecule has 0 atom stereocenters. The van der Waals surface area contributed by atoms with Gasteiger partial charge < -0.3 is 4.90 Å². The Morgan fingerprint density at radius 1 is 0.462 bits per heavy atom. The molecule has 0 unspecified atom stereocenters. The fourth-order valence-corrected chi connectivity index (χ4v) is 3.27. The largest absolute Gasteiger partial charge is 0.345 e. The van der Waals surface area contributed by atoms with E-state index in [1.807, 2.05) is 6.07 Å². The molecule has 0 aromatic heterocycles. The lowest BCUT2D eigenvalue weighted by Gasteiger charge is -2.22. The van der Waals surface area contributed by atoms with Crippen LogP contribution in [0.4, 0.5) is 11.4 Å². The van der Waals surface area contributed by atoms with Crippen LogP contribution in [0, 0.1) is 0 Å². The molecule has 0 aliphatic carbocycles. The minimum atomic E-state index is 1.18. The van der Waals surface area contributed by atoms with E-state index in [0.29, 0.717) is 0 Å². The summed E-state index contributed by atoms with van der Waals surface area (Å²) in [5.41, 5.74) is 7.32. The molecule has 126 valence electrons. The first-order chi connectivity index (χ1) is 12.8. The van der Waals surface area contributed by atoms with Crippen molar-refractivity contribution in [3.63, 3.8) is 0 Å². The van der Waals surface area contributed by atoms with E-state index in [4.69, 9.17) is 0 Å². The van der Waals surface area contributed by atoms with E-state index in [2.05, 4.69) is 115 Å². The van der Waals surface area contributed by atoms with Crippen LogP contribution in [-0.2, 0) is 0 Å². The molecule has 0 saturated carbocycles. The highest BCUT2D eigenvalue weighted by Crippen LogP contribution is 2.36. The van der Waals surface area contributed by atoms with Crippen molar-refractivity contribution in [3.05, 3.63) is 109 Å². The molecular weight excluding hydrogens is 314 g/mol. The molecule has 4 rings (SSSR count). The predicted octanol–water partition coefficient (Wildman–Crippen LogP) is 6.79. The summed E-state index contributed by atoms with van der Waals surface area (Å²) in [6.45, 7) is 0. The first-order valence-corrected chi connectivity index (χ1v) is 8.86. The van der Waals surface area contributed by atoms with Gasteiger partial charge in [0.25, 0.3) is 0 Å². The van der Waals surface area contributed by atoms with Crippen molar-refractivity contribution in [2.24, 2.45) is 0 Å². The summed E-state index contributed by atoms with van der Waals surface area (Å²) in [6, 6.07) is 38.3. The topological polar surface area (TPSA) is 3.24 Å². The molecule has 4 aromatic rings. The van der Waals surface area contributed by atoms with Crippen molar-refractivity contribution < 1.29 is 0 Å². The fourth-order valence-electron chi connectivity index (χ4n) is 3.27. The number of benzene rings is 4. The van der Waals surface area contributed by atoms with E-state index < -0.39 is 0 Å². The van der Waals surface area contributed by atoms with E-state index in [1.54, 1.807) is 0 Å². The lowest BCUT2D eigenvalue weighted by Crippen LogP contribution is -2.09. The maximum absolute atomic E-state index is 2.28. The van der Waals surface area contributed by atoms with E-state index >= 15 is 0 Å². The molecule has 0 fully saturated rings. The minimum Gasteiger partial charge on any atom is -0.345 e. The van der Waals surface area contributed by atoms with Gasteiger partial charge in [-0.05, 0) is 46.5 Å². The maximum Gasteiger partial charge on any atom is 0.0414 e. The number of hydrogen-bond donors (Lipinski definition) is 0. The molecule has 0 aliphatic rings. The second-order valence-corrected chi connectivity index (χ2v) is 6.36. The highest BCUT2D eigenvalue weighted by atomic mass is 15.1. The van der Waals surface area contributed by atoms with Crippen LogP contribution in [0.1, 0.15) is 0 Å². The summed E-state index contributed by atoms with van der Waals surface area (Å²) < 4.78 is 0. The van der Waals surface area contributed by atoms with Crippen molar-refractivity contribution in [2.75, 3.05) is 11.9 Å². The van der Waals surface area contributed by atoms with Gasteiger partial charge in [-0.15, -0.1) is 0 Å². The Labute approximate surface area is 155 Å². The summed E-state index contributed by atoms with van der Waals surface area (Å²) in [4.78, 5) is 2.22. The van der Waals surface area contributed by atoms with Crippen LogP contribution in [0.25, 0.3) is 22.3 Å². The molecule has 1 heteroatoms. The average Bonchev–Trinajstić information content (AvgIpc) is 2.75. The molecule has 0 heterocycles. The third kappa shape index (κ3) is 3.25. The Morgan fingerprint density at radius 3 is 1.54 bits per heavy atom. The molecule has 0 N–H and O–H groups in total. The molecule has 0 bridgehead atoms. The van der Waals surface area contributed by atoms with Crippen molar-refractivity contribution in [2.45, 2.75) is 0 Å². The molecule has 0 amide bonds. The minimum absolute atomic E-state index is 1.18. The average molecular weight is 335 g/mol. The second-order valence-electron chi connectivity index (χ2n) is 6.36. The van der Waals surface area contributed by atoms with Crippen molar-refractivity contribution in [3.8, 4) is 22.3 Å². The summed E-state index contributed by atoms with van der Waals surface area (Å²) in [7, 11) is 2.11. The summed E-state index contributed by atoms with van der Waals surface area (Å²) in [5, 5.41) is 0. The number of rotatable bonds is 4. The van der Waals surface area contributed by atoms with Gasteiger partial charge in [-0.25, -0.2) is 0 Å². The predicted molar refractivity (Wildman–Crippen MR) is 112 cm³/mol. The van der Waals surface area contributed by atoms with E-state index in [0.717, 1.165) is 0 Å². The zero-order valence-corrected chi connectivity index (χ0v) is 14.8. The van der Waals surface area contributed by atoms with Crippen molar-refractivity contribution in [1.82, 2.24) is 0 Å². The lowest BCUT2D eigenvalue weighted by atomic mass is 9.94. The Kier molecular flexibility index (Phi) is 4.53. The van der Waals surface area contributed by atoms with Gasteiger partial charge in [0.1, 0.15) is 0 Å². The Bertz CT molecular complexity index is 976. The Hall–Kier alpha value is -3.32. The monoisotopic (exact) mass is 335 g/mol.